The normalized spacial score (nSPS) is 32.1. The first kappa shape index (κ1) is 14.8. The number of hydrogen-bond acceptors (Lipinski definition) is 7. The fraction of sp³-hybridized carbons (Fsp3) is 0.500. The van der Waals surface area contributed by atoms with Crippen molar-refractivity contribution in [2.24, 2.45) is 0 Å². The van der Waals surface area contributed by atoms with Crippen molar-refractivity contribution in [1.82, 2.24) is 4.98 Å². The van der Waals surface area contributed by atoms with Gasteiger partial charge in [0, 0.05) is 10.9 Å². The molecule has 1 aromatic heterocycles. The summed E-state index contributed by atoms with van der Waals surface area (Å²) in [5.41, 5.74) is 1.35. The molecule has 26 heavy (non-hydrogen) atoms. The van der Waals surface area contributed by atoms with Gasteiger partial charge in [0.25, 0.3) is 5.56 Å². The molecule has 4 aliphatic rings. The molecule has 0 amide bonds. The molecule has 2 aromatic rings. The number of pyridine rings is 1. The Morgan fingerprint density at radius 3 is 2.85 bits per heavy atom. The first-order valence-electron chi connectivity index (χ1n) is 8.56. The molecule has 8 heteroatoms. The van der Waals surface area contributed by atoms with E-state index in [4.69, 9.17) is 28.4 Å². The highest BCUT2D eigenvalue weighted by Gasteiger charge is 2.62. The van der Waals surface area contributed by atoms with Crippen LogP contribution in [0, 0.1) is 0 Å². The lowest BCUT2D eigenvalue weighted by Gasteiger charge is -2.23. The van der Waals surface area contributed by atoms with Gasteiger partial charge in [0.2, 0.25) is 12.5 Å². The van der Waals surface area contributed by atoms with E-state index in [1.54, 1.807) is 0 Å². The van der Waals surface area contributed by atoms with Crippen LogP contribution in [-0.2, 0) is 14.2 Å². The summed E-state index contributed by atoms with van der Waals surface area (Å²) >= 11 is 0. The maximum absolute atomic E-state index is 12.9. The average Bonchev–Trinajstić information content (AvgIpc) is 3.11. The minimum Gasteiger partial charge on any atom is -0.492 e. The quantitative estimate of drug-likeness (QED) is 0.778. The summed E-state index contributed by atoms with van der Waals surface area (Å²) in [6, 6.07) is 1.83. The number of rotatable bonds is 1. The van der Waals surface area contributed by atoms with Crippen molar-refractivity contribution < 1.29 is 28.4 Å². The summed E-state index contributed by atoms with van der Waals surface area (Å²) < 4.78 is 34.5. The molecule has 3 aliphatic heterocycles. The van der Waals surface area contributed by atoms with Gasteiger partial charge in [-0.3, -0.25) is 4.79 Å². The molecular formula is C18H17NO7. The third-order valence-corrected chi connectivity index (χ3v) is 5.43. The molecule has 2 fully saturated rings. The number of epoxide rings is 1. The van der Waals surface area contributed by atoms with Gasteiger partial charge in [-0.05, 0) is 19.9 Å². The molecule has 1 aliphatic carbocycles. The van der Waals surface area contributed by atoms with Gasteiger partial charge in [-0.1, -0.05) is 0 Å². The highest BCUT2D eigenvalue weighted by Crippen LogP contribution is 2.59. The van der Waals surface area contributed by atoms with Crippen molar-refractivity contribution in [3.8, 4) is 17.2 Å². The van der Waals surface area contributed by atoms with E-state index >= 15 is 0 Å². The van der Waals surface area contributed by atoms with E-state index in [0.717, 1.165) is 10.9 Å². The maximum atomic E-state index is 12.9. The first-order valence-corrected chi connectivity index (χ1v) is 8.56. The number of fused-ring (bicyclic) bond motifs is 9. The number of methoxy groups -OCH3 is 1. The number of H-pyrrole nitrogens is 1. The highest BCUT2D eigenvalue weighted by atomic mass is 16.8. The largest absolute Gasteiger partial charge is 0.492 e. The molecule has 0 saturated carbocycles. The van der Waals surface area contributed by atoms with E-state index in [9.17, 15) is 4.79 Å². The summed E-state index contributed by atoms with van der Waals surface area (Å²) in [6.07, 6.45) is -0.836. The van der Waals surface area contributed by atoms with Crippen LogP contribution in [0.5, 0.6) is 17.2 Å². The van der Waals surface area contributed by atoms with Crippen molar-refractivity contribution in [2.75, 3.05) is 13.9 Å². The summed E-state index contributed by atoms with van der Waals surface area (Å²) in [6.45, 7) is 3.83. The third-order valence-electron chi connectivity index (χ3n) is 5.43. The number of hydrogen-bond donors (Lipinski definition) is 1. The molecular weight excluding hydrogens is 342 g/mol. The summed E-state index contributed by atoms with van der Waals surface area (Å²) in [4.78, 5) is 15.9. The summed E-state index contributed by atoms with van der Waals surface area (Å²) in [5.74, 6) is 0.660. The first-order chi connectivity index (χ1) is 12.5. The maximum Gasteiger partial charge on any atom is 0.260 e. The van der Waals surface area contributed by atoms with Crippen molar-refractivity contribution >= 4 is 10.8 Å². The van der Waals surface area contributed by atoms with E-state index in [2.05, 4.69) is 4.98 Å². The molecule has 4 heterocycles. The monoisotopic (exact) mass is 359 g/mol. The molecule has 4 atom stereocenters. The second kappa shape index (κ2) is 4.51. The second-order valence-corrected chi connectivity index (χ2v) is 7.39. The minimum absolute atomic E-state index is 0.0835. The Morgan fingerprint density at radius 1 is 1.19 bits per heavy atom. The van der Waals surface area contributed by atoms with Crippen LogP contribution >= 0.6 is 0 Å². The molecule has 1 N–H and O–H groups in total. The number of aromatic amines is 1. The van der Waals surface area contributed by atoms with Gasteiger partial charge in [-0.15, -0.1) is 0 Å². The lowest BCUT2D eigenvalue weighted by Crippen LogP contribution is -2.30. The van der Waals surface area contributed by atoms with Crippen LogP contribution in [0.4, 0.5) is 0 Å². The fourth-order valence-electron chi connectivity index (χ4n) is 4.43. The van der Waals surface area contributed by atoms with E-state index in [-0.39, 0.29) is 36.8 Å². The van der Waals surface area contributed by atoms with Crippen LogP contribution in [0.1, 0.15) is 37.3 Å². The van der Waals surface area contributed by atoms with E-state index < -0.39 is 5.79 Å². The molecule has 2 saturated heterocycles. The van der Waals surface area contributed by atoms with Gasteiger partial charge in [-0.2, -0.15) is 0 Å². The van der Waals surface area contributed by atoms with Gasteiger partial charge in [-0.25, -0.2) is 0 Å². The highest BCUT2D eigenvalue weighted by molar-refractivity contribution is 5.96. The number of ether oxygens (including phenoxy) is 6. The molecule has 0 spiro atoms. The predicted molar refractivity (Wildman–Crippen MR) is 87.6 cm³/mol. The number of nitrogens with one attached hydrogen (secondary N) is 1. The van der Waals surface area contributed by atoms with Crippen LogP contribution in [0.25, 0.3) is 10.8 Å². The molecule has 0 unspecified atom stereocenters. The zero-order valence-corrected chi connectivity index (χ0v) is 14.5. The number of benzene rings is 1. The zero-order valence-electron chi connectivity index (χ0n) is 14.5. The fourth-order valence-corrected chi connectivity index (χ4v) is 4.43. The average molecular weight is 359 g/mol. The lowest BCUT2D eigenvalue weighted by atomic mass is 9.88. The van der Waals surface area contributed by atoms with Crippen LogP contribution < -0.4 is 19.8 Å². The SMILES string of the molecule is COc1c2c(cc3c4c([nH]c(=O)c13)[C@@H]1OC(C)(C)O[C@@H]1[C@H]1O[C@@H]41)OCO2. The molecule has 6 rings (SSSR count). The summed E-state index contributed by atoms with van der Waals surface area (Å²) in [7, 11) is 1.51. The van der Waals surface area contributed by atoms with E-state index in [1.807, 2.05) is 19.9 Å². The Hall–Kier alpha value is -2.29. The van der Waals surface area contributed by atoms with Gasteiger partial charge >= 0.3 is 0 Å². The molecule has 0 bridgehead atoms. The zero-order chi connectivity index (χ0) is 17.8. The molecule has 8 nitrogen and oxygen atoms in total. The Morgan fingerprint density at radius 2 is 2.04 bits per heavy atom. The van der Waals surface area contributed by atoms with Crippen LogP contribution in [0.15, 0.2) is 10.9 Å². The topological polar surface area (TPSA) is 91.5 Å². The predicted octanol–water partition coefficient (Wildman–Crippen LogP) is 1.91. The van der Waals surface area contributed by atoms with Crippen molar-refractivity contribution in [3.63, 3.8) is 0 Å². The lowest BCUT2D eigenvalue weighted by molar-refractivity contribution is -0.148. The standard InChI is InChI=1S/C18H17NO7/c1-18(2)25-14-10-8(13-15(24-13)16(14)26-18)6-4-7-11(23-5-22-7)12(21-3)9(6)17(20)19-10/h4,13-16H,5H2,1-3H3,(H,19,20)/t13-,14-,15-,16-/m0/s1. The number of aromatic nitrogens is 1. The van der Waals surface area contributed by atoms with Gasteiger partial charge in [0.05, 0.1) is 18.2 Å². The Balaban J connectivity index is 1.67. The van der Waals surface area contributed by atoms with Crippen molar-refractivity contribution in [2.45, 2.75) is 44.1 Å². The Bertz CT molecular complexity index is 1030. The Labute approximate surface area is 147 Å². The van der Waals surface area contributed by atoms with Gasteiger partial charge in [0.15, 0.2) is 17.3 Å². The van der Waals surface area contributed by atoms with Gasteiger partial charge < -0.3 is 33.4 Å². The second-order valence-electron chi connectivity index (χ2n) is 7.39. The van der Waals surface area contributed by atoms with E-state index in [0.29, 0.717) is 28.3 Å². The Kier molecular flexibility index (Phi) is 2.57. The third kappa shape index (κ3) is 1.71. The van der Waals surface area contributed by atoms with Crippen LogP contribution in [0.3, 0.4) is 0 Å². The van der Waals surface area contributed by atoms with Gasteiger partial charge in [0.1, 0.15) is 24.4 Å². The molecule has 0 radical (unpaired) electrons. The van der Waals surface area contributed by atoms with Crippen LogP contribution in [0.2, 0.25) is 0 Å². The van der Waals surface area contributed by atoms with E-state index in [1.165, 1.54) is 7.11 Å². The van der Waals surface area contributed by atoms with Crippen LogP contribution in [-0.4, -0.2) is 36.9 Å². The smallest absolute Gasteiger partial charge is 0.260 e. The summed E-state index contributed by atoms with van der Waals surface area (Å²) in [5, 5.41) is 1.17. The molecule has 1 aromatic carbocycles. The van der Waals surface area contributed by atoms with Crippen molar-refractivity contribution in [3.05, 3.63) is 27.7 Å². The molecule has 136 valence electrons. The minimum atomic E-state index is -0.730. The van der Waals surface area contributed by atoms with Crippen molar-refractivity contribution in [1.29, 1.82) is 0 Å².